The summed E-state index contributed by atoms with van der Waals surface area (Å²) in [5.74, 6) is -1.18. The summed E-state index contributed by atoms with van der Waals surface area (Å²) in [6.07, 6.45) is 3.36. The number of hydrogen-bond donors (Lipinski definition) is 1. The summed E-state index contributed by atoms with van der Waals surface area (Å²) >= 11 is 3.53. The second-order valence-corrected chi connectivity index (χ2v) is 9.48. The van der Waals surface area contributed by atoms with Gasteiger partial charge in [0.2, 0.25) is 11.8 Å². The van der Waals surface area contributed by atoms with Crippen molar-refractivity contribution in [1.82, 2.24) is 9.47 Å². The first kappa shape index (κ1) is 20.1. The molecule has 1 aromatic heterocycles. The number of halogens is 1. The zero-order chi connectivity index (χ0) is 21.8. The summed E-state index contributed by atoms with van der Waals surface area (Å²) in [5.41, 5.74) is 6.95. The van der Waals surface area contributed by atoms with E-state index in [9.17, 15) is 9.59 Å². The van der Waals surface area contributed by atoms with Crippen molar-refractivity contribution in [3.63, 3.8) is 0 Å². The Kier molecular flexibility index (Phi) is 4.81. The molecule has 3 heterocycles. The molecule has 3 unspecified atom stereocenters. The number of benzene rings is 2. The third kappa shape index (κ3) is 3.31. The molecule has 2 aromatic carbocycles. The molecule has 6 nitrogen and oxygen atoms in total. The molecule has 0 spiro atoms. The van der Waals surface area contributed by atoms with Crippen molar-refractivity contribution in [1.29, 1.82) is 0 Å². The summed E-state index contributed by atoms with van der Waals surface area (Å²) in [7, 11) is 0. The van der Waals surface area contributed by atoms with Gasteiger partial charge in [-0.05, 0) is 48.6 Å². The number of aryl methyl sites for hydroxylation is 1. The molecule has 160 valence electrons. The largest absolute Gasteiger partial charge is 0.468 e. The smallest absolute Gasteiger partial charge is 0.238 e. The first-order valence-corrected chi connectivity index (χ1v) is 11.3. The molecule has 3 aromatic rings. The SMILES string of the molecule is CC12CC(c3ccccc3O1)C(C(N)=O)C(=O)N2CCCn1ccc2ccc(Br)cc21. The van der Waals surface area contributed by atoms with Gasteiger partial charge in [-0.15, -0.1) is 0 Å². The molecule has 0 saturated carbocycles. The van der Waals surface area contributed by atoms with Crippen LogP contribution in [0.5, 0.6) is 5.75 Å². The van der Waals surface area contributed by atoms with Gasteiger partial charge in [0.05, 0.1) is 0 Å². The zero-order valence-corrected chi connectivity index (χ0v) is 18.8. The minimum absolute atomic E-state index is 0.235. The molecule has 0 aliphatic carbocycles. The Bertz CT molecular complexity index is 1190. The number of amides is 2. The minimum Gasteiger partial charge on any atom is -0.468 e. The van der Waals surface area contributed by atoms with Gasteiger partial charge in [-0.25, -0.2) is 0 Å². The number of para-hydroxylation sites is 1. The van der Waals surface area contributed by atoms with Gasteiger partial charge >= 0.3 is 0 Å². The van der Waals surface area contributed by atoms with Crippen molar-refractivity contribution < 1.29 is 14.3 Å². The number of hydrogen-bond acceptors (Lipinski definition) is 3. The minimum atomic E-state index is -0.860. The zero-order valence-electron chi connectivity index (χ0n) is 17.3. The molecule has 2 amide bonds. The van der Waals surface area contributed by atoms with E-state index in [-0.39, 0.29) is 11.8 Å². The van der Waals surface area contributed by atoms with Crippen LogP contribution in [0.25, 0.3) is 10.9 Å². The van der Waals surface area contributed by atoms with Crippen molar-refractivity contribution in [2.75, 3.05) is 6.54 Å². The lowest BCUT2D eigenvalue weighted by atomic mass is 9.73. The molecule has 2 aliphatic heterocycles. The second-order valence-electron chi connectivity index (χ2n) is 8.56. The number of nitrogens with two attached hydrogens (primary N) is 1. The van der Waals surface area contributed by atoms with Crippen molar-refractivity contribution >= 4 is 38.6 Å². The number of primary amides is 1. The number of nitrogens with zero attached hydrogens (tertiary/aromatic N) is 2. The van der Waals surface area contributed by atoms with Crippen molar-refractivity contribution in [3.05, 3.63) is 64.8 Å². The van der Waals surface area contributed by atoms with Crippen LogP contribution in [0.15, 0.2) is 59.2 Å². The molecule has 2 N–H and O–H groups in total. The highest BCUT2D eigenvalue weighted by atomic mass is 79.9. The molecule has 2 aliphatic rings. The van der Waals surface area contributed by atoms with Crippen LogP contribution in [0.2, 0.25) is 0 Å². The Morgan fingerprint density at radius 2 is 2.03 bits per heavy atom. The first-order valence-electron chi connectivity index (χ1n) is 10.5. The van der Waals surface area contributed by atoms with Crippen LogP contribution in [-0.2, 0) is 16.1 Å². The van der Waals surface area contributed by atoms with E-state index in [4.69, 9.17) is 10.5 Å². The maximum Gasteiger partial charge on any atom is 0.238 e. The number of rotatable bonds is 5. The van der Waals surface area contributed by atoms with Gasteiger partial charge in [0.1, 0.15) is 11.7 Å². The lowest BCUT2D eigenvalue weighted by Gasteiger charge is -2.52. The molecule has 0 radical (unpaired) electrons. The Labute approximate surface area is 189 Å². The van der Waals surface area contributed by atoms with Crippen LogP contribution in [0, 0.1) is 5.92 Å². The van der Waals surface area contributed by atoms with Crippen LogP contribution in [0.1, 0.15) is 31.2 Å². The number of carbonyl (C=O) groups is 2. The second kappa shape index (κ2) is 7.41. The quantitative estimate of drug-likeness (QED) is 0.559. The van der Waals surface area contributed by atoms with Gasteiger partial charge in [-0.2, -0.15) is 0 Å². The Morgan fingerprint density at radius 1 is 1.23 bits per heavy atom. The number of piperidine rings is 1. The molecular weight excluding hydrogens is 458 g/mol. The van der Waals surface area contributed by atoms with Crippen molar-refractivity contribution in [3.8, 4) is 5.75 Å². The lowest BCUT2D eigenvalue weighted by Crippen LogP contribution is -2.64. The van der Waals surface area contributed by atoms with Gasteiger partial charge in [0, 0.05) is 41.6 Å². The summed E-state index contributed by atoms with van der Waals surface area (Å²) in [5, 5.41) is 1.17. The first-order chi connectivity index (χ1) is 14.9. The molecule has 7 heteroatoms. The summed E-state index contributed by atoms with van der Waals surface area (Å²) in [6, 6.07) is 15.9. The Balaban J connectivity index is 1.40. The van der Waals surface area contributed by atoms with E-state index >= 15 is 0 Å². The topological polar surface area (TPSA) is 77.6 Å². The fourth-order valence-corrected chi connectivity index (χ4v) is 5.48. The monoisotopic (exact) mass is 481 g/mol. The molecule has 1 fully saturated rings. The molecule has 1 saturated heterocycles. The highest BCUT2D eigenvalue weighted by Gasteiger charge is 2.55. The standard InChI is InChI=1S/C24H24BrN3O3/c1-24-14-18(17-5-2-3-6-20(17)31-24)21(22(26)29)23(30)28(24)11-4-10-27-12-9-15-7-8-16(25)13-19(15)27/h2-3,5-9,12-13,18,21H,4,10-11,14H2,1H3,(H2,26,29). The maximum absolute atomic E-state index is 13.4. The normalized spacial score (nSPS) is 24.7. The molecule has 2 bridgehead atoms. The number of likely N-dealkylation sites (tertiary alicyclic amines) is 1. The Hall–Kier alpha value is -2.80. The number of aromatic nitrogens is 1. The van der Waals surface area contributed by atoms with E-state index in [1.54, 1.807) is 4.90 Å². The van der Waals surface area contributed by atoms with Gasteiger partial charge in [0.15, 0.2) is 5.72 Å². The average Bonchev–Trinajstić information content (AvgIpc) is 3.12. The van der Waals surface area contributed by atoms with E-state index in [2.05, 4.69) is 44.9 Å². The van der Waals surface area contributed by atoms with Crippen molar-refractivity contribution in [2.24, 2.45) is 11.7 Å². The van der Waals surface area contributed by atoms with Gasteiger partial charge in [0.25, 0.3) is 0 Å². The summed E-state index contributed by atoms with van der Waals surface area (Å²) < 4.78 is 9.53. The number of ether oxygens (including phenoxy) is 1. The van der Waals surface area contributed by atoms with Crippen molar-refractivity contribution in [2.45, 2.75) is 38.0 Å². The summed E-state index contributed by atoms with van der Waals surface area (Å²) in [4.78, 5) is 27.4. The van der Waals surface area contributed by atoms with E-state index in [0.29, 0.717) is 13.0 Å². The van der Waals surface area contributed by atoms with Crippen LogP contribution >= 0.6 is 15.9 Å². The van der Waals surface area contributed by atoms with Gasteiger partial charge < -0.3 is 19.9 Å². The fraction of sp³-hybridized carbons (Fsp3) is 0.333. The highest BCUT2D eigenvalue weighted by Crippen LogP contribution is 2.50. The molecular formula is C24H24BrN3O3. The molecule has 5 rings (SSSR count). The van der Waals surface area contributed by atoms with E-state index in [1.165, 1.54) is 5.39 Å². The van der Waals surface area contributed by atoms with E-state index in [0.717, 1.165) is 34.3 Å². The van der Waals surface area contributed by atoms with E-state index < -0.39 is 17.6 Å². The van der Waals surface area contributed by atoms with Crippen LogP contribution < -0.4 is 10.5 Å². The lowest BCUT2D eigenvalue weighted by molar-refractivity contribution is -0.175. The highest BCUT2D eigenvalue weighted by molar-refractivity contribution is 9.10. The van der Waals surface area contributed by atoms with Gasteiger partial charge in [-0.1, -0.05) is 40.2 Å². The predicted molar refractivity (Wildman–Crippen MR) is 121 cm³/mol. The number of fused-ring (bicyclic) bond motifs is 5. The fourth-order valence-electron chi connectivity index (χ4n) is 5.13. The molecule has 31 heavy (non-hydrogen) atoms. The maximum atomic E-state index is 13.4. The van der Waals surface area contributed by atoms with Crippen LogP contribution in [-0.4, -0.2) is 33.6 Å². The summed E-state index contributed by atoms with van der Waals surface area (Å²) in [6.45, 7) is 3.18. The average molecular weight is 482 g/mol. The third-order valence-electron chi connectivity index (χ3n) is 6.58. The van der Waals surface area contributed by atoms with Gasteiger partial charge in [-0.3, -0.25) is 9.59 Å². The predicted octanol–water partition coefficient (Wildman–Crippen LogP) is 4.02. The van der Waals surface area contributed by atoms with Crippen LogP contribution in [0.4, 0.5) is 0 Å². The van der Waals surface area contributed by atoms with E-state index in [1.807, 2.05) is 37.3 Å². The third-order valence-corrected chi connectivity index (χ3v) is 7.07. The van der Waals surface area contributed by atoms with Crippen LogP contribution in [0.3, 0.4) is 0 Å². The Morgan fingerprint density at radius 3 is 2.84 bits per heavy atom. The number of carbonyl (C=O) groups excluding carboxylic acids is 2. The molecule has 3 atom stereocenters.